The minimum Gasteiger partial charge on any atom is -0.493 e. The summed E-state index contributed by atoms with van der Waals surface area (Å²) in [5, 5.41) is 2.94. The predicted octanol–water partition coefficient (Wildman–Crippen LogP) is 2.67. The third kappa shape index (κ3) is 3.33. The molecule has 1 N–H and O–H groups in total. The zero-order valence-electron chi connectivity index (χ0n) is 18.1. The van der Waals surface area contributed by atoms with Gasteiger partial charge in [0.1, 0.15) is 5.60 Å². The van der Waals surface area contributed by atoms with Gasteiger partial charge in [-0.25, -0.2) is 0 Å². The number of fused-ring (bicyclic) bond motifs is 1. The quantitative estimate of drug-likeness (QED) is 0.678. The van der Waals surface area contributed by atoms with Crippen LogP contribution in [0.1, 0.15) is 5.56 Å². The maximum Gasteiger partial charge on any atom is 0.231 e. The lowest BCUT2D eigenvalue weighted by molar-refractivity contribution is -0.135. The molecule has 0 radical (unpaired) electrons. The Kier molecular flexibility index (Phi) is 5.13. The third-order valence-electron chi connectivity index (χ3n) is 6.65. The Bertz CT molecular complexity index is 1070. The molecule has 3 heterocycles. The molecule has 2 aromatic carbocycles. The van der Waals surface area contributed by atoms with E-state index >= 15 is 0 Å². The van der Waals surface area contributed by atoms with Gasteiger partial charge < -0.3 is 24.4 Å². The Morgan fingerprint density at radius 3 is 2.69 bits per heavy atom. The van der Waals surface area contributed by atoms with Crippen LogP contribution in [-0.4, -0.2) is 55.7 Å². The van der Waals surface area contributed by atoms with Crippen LogP contribution in [0.15, 0.2) is 60.7 Å². The number of hydrogen-bond acceptors (Lipinski definition) is 5. The van der Waals surface area contributed by atoms with Gasteiger partial charge in [-0.3, -0.25) is 9.59 Å². The summed E-state index contributed by atoms with van der Waals surface area (Å²) in [6.07, 6.45) is 4.28. The van der Waals surface area contributed by atoms with Crippen LogP contribution in [0.25, 0.3) is 0 Å². The molecule has 4 atom stereocenters. The standard InChI is InChI=1S/C25H26N2O5/c1-30-18-9-8-17(14-20(18)31-2)26-23(28)21-19-10-12-25(32-19)15-27(24(29)22(21)25)13-11-16-6-4-3-5-7-16/h3-10,12,14,19,21-22H,11,13,15H2,1-2H3,(H,26,28)/t19-,21?,22?,25-/m1/s1. The molecule has 5 rings (SSSR count). The van der Waals surface area contributed by atoms with Crippen LogP contribution in [0.5, 0.6) is 11.5 Å². The number of carbonyl (C=O) groups excluding carboxylic acids is 2. The van der Waals surface area contributed by atoms with Gasteiger partial charge in [0.2, 0.25) is 11.8 Å². The Hall–Kier alpha value is -3.32. The van der Waals surface area contributed by atoms with Crippen LogP contribution >= 0.6 is 0 Å². The second-order valence-electron chi connectivity index (χ2n) is 8.45. The fraction of sp³-hybridized carbons (Fsp3) is 0.360. The molecule has 2 unspecified atom stereocenters. The summed E-state index contributed by atoms with van der Waals surface area (Å²) in [4.78, 5) is 28.4. The highest BCUT2D eigenvalue weighted by Crippen LogP contribution is 2.52. The van der Waals surface area contributed by atoms with Gasteiger partial charge >= 0.3 is 0 Å². The van der Waals surface area contributed by atoms with E-state index in [9.17, 15) is 9.59 Å². The first kappa shape index (κ1) is 20.6. The third-order valence-corrected chi connectivity index (χ3v) is 6.65. The number of nitrogens with one attached hydrogen (secondary N) is 1. The fourth-order valence-corrected chi connectivity index (χ4v) is 5.12. The minimum absolute atomic E-state index is 0.0137. The highest BCUT2D eigenvalue weighted by Gasteiger charge is 2.66. The molecule has 2 amide bonds. The molecule has 0 aliphatic carbocycles. The number of amides is 2. The van der Waals surface area contributed by atoms with Gasteiger partial charge in [-0.05, 0) is 24.1 Å². The summed E-state index contributed by atoms with van der Waals surface area (Å²) < 4.78 is 16.8. The Morgan fingerprint density at radius 2 is 1.94 bits per heavy atom. The van der Waals surface area contributed by atoms with Crippen molar-refractivity contribution in [3.8, 4) is 11.5 Å². The van der Waals surface area contributed by atoms with E-state index in [4.69, 9.17) is 14.2 Å². The van der Waals surface area contributed by atoms with Crippen molar-refractivity contribution < 1.29 is 23.8 Å². The molecule has 2 fully saturated rings. The lowest BCUT2D eigenvalue weighted by Gasteiger charge is -2.23. The molecule has 2 bridgehead atoms. The maximum absolute atomic E-state index is 13.3. The van der Waals surface area contributed by atoms with Gasteiger partial charge in [-0.15, -0.1) is 0 Å². The summed E-state index contributed by atoms with van der Waals surface area (Å²) >= 11 is 0. The average molecular weight is 434 g/mol. The van der Waals surface area contributed by atoms with Gasteiger partial charge in [-0.1, -0.05) is 42.5 Å². The van der Waals surface area contributed by atoms with Crippen LogP contribution in [0, 0.1) is 11.8 Å². The topological polar surface area (TPSA) is 77.1 Å². The summed E-state index contributed by atoms with van der Waals surface area (Å²) in [6, 6.07) is 15.3. The number of ether oxygens (including phenoxy) is 3. The van der Waals surface area contributed by atoms with Gasteiger partial charge in [-0.2, -0.15) is 0 Å². The number of rotatable bonds is 7. The lowest BCUT2D eigenvalue weighted by atomic mass is 9.77. The monoisotopic (exact) mass is 434 g/mol. The maximum atomic E-state index is 13.3. The van der Waals surface area contributed by atoms with E-state index in [0.29, 0.717) is 30.3 Å². The summed E-state index contributed by atoms with van der Waals surface area (Å²) in [6.45, 7) is 1.09. The number of anilines is 1. The minimum atomic E-state index is -0.710. The van der Waals surface area contributed by atoms with E-state index in [-0.39, 0.29) is 17.9 Å². The fourth-order valence-electron chi connectivity index (χ4n) is 5.12. The van der Waals surface area contributed by atoms with Crippen molar-refractivity contribution in [3.05, 3.63) is 66.2 Å². The SMILES string of the molecule is COc1ccc(NC(=O)C2C3C(=O)N(CCc4ccccc4)C[C@]34C=C[C@H]2O4)cc1OC. The van der Waals surface area contributed by atoms with Crippen molar-refractivity contribution in [2.45, 2.75) is 18.1 Å². The van der Waals surface area contributed by atoms with Crippen LogP contribution < -0.4 is 14.8 Å². The van der Waals surface area contributed by atoms with Crippen molar-refractivity contribution in [1.29, 1.82) is 0 Å². The first-order chi connectivity index (χ1) is 15.5. The molecule has 2 aromatic rings. The first-order valence-corrected chi connectivity index (χ1v) is 10.8. The molecule has 0 saturated carbocycles. The Labute approximate surface area is 186 Å². The number of carbonyl (C=O) groups is 2. The summed E-state index contributed by atoms with van der Waals surface area (Å²) in [5.74, 6) is -0.210. The van der Waals surface area contributed by atoms with Crippen molar-refractivity contribution in [2.75, 3.05) is 32.6 Å². The molecule has 3 aliphatic heterocycles. The molecule has 7 heteroatoms. The molecule has 166 valence electrons. The van der Waals surface area contributed by atoms with Gasteiger partial charge in [0, 0.05) is 18.3 Å². The van der Waals surface area contributed by atoms with Crippen LogP contribution in [0.3, 0.4) is 0 Å². The summed E-state index contributed by atoms with van der Waals surface area (Å²) in [7, 11) is 3.10. The molecule has 7 nitrogen and oxygen atoms in total. The molecule has 32 heavy (non-hydrogen) atoms. The molecular formula is C25H26N2O5. The van der Waals surface area contributed by atoms with E-state index in [2.05, 4.69) is 17.4 Å². The second-order valence-corrected chi connectivity index (χ2v) is 8.45. The van der Waals surface area contributed by atoms with Crippen LogP contribution in [0.2, 0.25) is 0 Å². The highest BCUT2D eigenvalue weighted by molar-refractivity contribution is 5.99. The number of nitrogens with zero attached hydrogens (tertiary/aromatic N) is 1. The Balaban J connectivity index is 1.32. The second kappa shape index (κ2) is 7.98. The van der Waals surface area contributed by atoms with E-state index < -0.39 is 17.4 Å². The van der Waals surface area contributed by atoms with Crippen molar-refractivity contribution in [1.82, 2.24) is 4.90 Å². The van der Waals surface area contributed by atoms with Crippen molar-refractivity contribution >= 4 is 17.5 Å². The van der Waals surface area contributed by atoms with E-state index in [1.807, 2.05) is 35.3 Å². The largest absolute Gasteiger partial charge is 0.493 e. The molecule has 0 aromatic heterocycles. The van der Waals surface area contributed by atoms with Crippen molar-refractivity contribution in [2.24, 2.45) is 11.8 Å². The van der Waals surface area contributed by atoms with Gasteiger partial charge in [0.05, 0.1) is 38.7 Å². The molecule has 1 spiro atoms. The van der Waals surface area contributed by atoms with Crippen LogP contribution in [0.4, 0.5) is 5.69 Å². The predicted molar refractivity (Wildman–Crippen MR) is 119 cm³/mol. The Morgan fingerprint density at radius 1 is 1.16 bits per heavy atom. The number of methoxy groups -OCH3 is 2. The first-order valence-electron chi connectivity index (χ1n) is 10.8. The van der Waals surface area contributed by atoms with E-state index in [1.54, 1.807) is 32.4 Å². The highest BCUT2D eigenvalue weighted by atomic mass is 16.5. The number of hydrogen-bond donors (Lipinski definition) is 1. The van der Waals surface area contributed by atoms with Gasteiger partial charge in [0.25, 0.3) is 0 Å². The lowest BCUT2D eigenvalue weighted by Crippen LogP contribution is -2.41. The van der Waals surface area contributed by atoms with Crippen molar-refractivity contribution in [3.63, 3.8) is 0 Å². The zero-order chi connectivity index (χ0) is 22.3. The normalized spacial score (nSPS) is 27.5. The van der Waals surface area contributed by atoms with Crippen LogP contribution in [-0.2, 0) is 20.7 Å². The smallest absolute Gasteiger partial charge is 0.231 e. The zero-order valence-corrected chi connectivity index (χ0v) is 18.1. The molecular weight excluding hydrogens is 408 g/mol. The van der Waals surface area contributed by atoms with E-state index in [0.717, 1.165) is 6.42 Å². The molecule has 2 saturated heterocycles. The van der Waals surface area contributed by atoms with Gasteiger partial charge in [0.15, 0.2) is 11.5 Å². The van der Waals surface area contributed by atoms with E-state index in [1.165, 1.54) is 5.56 Å². The number of likely N-dealkylation sites (tertiary alicyclic amines) is 1. The average Bonchev–Trinajstić information content (AvgIpc) is 3.46. The number of benzene rings is 2. The molecule has 3 aliphatic rings. The summed E-state index contributed by atoms with van der Waals surface area (Å²) in [5.41, 5.74) is 1.05.